The summed E-state index contributed by atoms with van der Waals surface area (Å²) in [6, 6.07) is 4.78. The molecule has 0 aliphatic heterocycles. The molecule has 6 nitrogen and oxygen atoms in total. The average Bonchev–Trinajstić information content (AvgIpc) is 2.70. The van der Waals surface area contributed by atoms with Crippen molar-refractivity contribution in [3.63, 3.8) is 0 Å². The minimum Gasteiger partial charge on any atom is -0.288 e. The standard InChI is InChI=1S/C8H5Cl2N5O/c9-4-2-1-3-5(10)6(4)7(16)11-8-12-14-15-13-8/h1-3H,(H2,11,12,13,14,15,16). The first-order valence-corrected chi connectivity index (χ1v) is 4.93. The van der Waals surface area contributed by atoms with Crippen LogP contribution in [0, 0.1) is 0 Å². The van der Waals surface area contributed by atoms with Gasteiger partial charge in [-0.2, -0.15) is 5.21 Å². The van der Waals surface area contributed by atoms with Gasteiger partial charge < -0.3 is 0 Å². The van der Waals surface area contributed by atoms with Gasteiger partial charge in [0.1, 0.15) is 0 Å². The van der Waals surface area contributed by atoms with E-state index in [0.29, 0.717) is 0 Å². The second kappa shape index (κ2) is 4.46. The van der Waals surface area contributed by atoms with E-state index < -0.39 is 5.91 Å². The Labute approximate surface area is 99.9 Å². The van der Waals surface area contributed by atoms with Crippen LogP contribution >= 0.6 is 23.2 Å². The number of nitrogens with zero attached hydrogens (tertiary/aromatic N) is 3. The van der Waals surface area contributed by atoms with Gasteiger partial charge >= 0.3 is 0 Å². The third kappa shape index (κ3) is 2.12. The normalized spacial score (nSPS) is 10.1. The molecule has 82 valence electrons. The molecule has 0 fully saturated rings. The van der Waals surface area contributed by atoms with Crippen molar-refractivity contribution in [2.45, 2.75) is 0 Å². The summed E-state index contributed by atoms with van der Waals surface area (Å²) in [5.74, 6) is -0.432. The zero-order chi connectivity index (χ0) is 11.5. The van der Waals surface area contributed by atoms with E-state index in [1.165, 1.54) is 0 Å². The van der Waals surface area contributed by atoms with E-state index in [0.717, 1.165) is 0 Å². The molecule has 1 amide bonds. The molecule has 1 heterocycles. The largest absolute Gasteiger partial charge is 0.288 e. The molecule has 0 saturated carbocycles. The highest BCUT2D eigenvalue weighted by Gasteiger charge is 2.15. The van der Waals surface area contributed by atoms with E-state index in [1.807, 2.05) is 0 Å². The first-order valence-electron chi connectivity index (χ1n) is 4.17. The molecule has 0 atom stereocenters. The summed E-state index contributed by atoms with van der Waals surface area (Å²) in [7, 11) is 0. The molecule has 0 bridgehead atoms. The minimum absolute atomic E-state index is 0.0565. The summed E-state index contributed by atoms with van der Waals surface area (Å²) < 4.78 is 0. The Morgan fingerprint density at radius 1 is 1.31 bits per heavy atom. The summed E-state index contributed by atoms with van der Waals surface area (Å²) in [5, 5.41) is 15.6. The Morgan fingerprint density at radius 2 is 2.00 bits per heavy atom. The SMILES string of the molecule is O=C(Nc1nn[nH]n1)c1c(Cl)cccc1Cl. The van der Waals surface area contributed by atoms with E-state index in [1.54, 1.807) is 18.2 Å². The summed E-state index contributed by atoms with van der Waals surface area (Å²) in [6.07, 6.45) is 0. The number of nitrogens with one attached hydrogen (secondary N) is 2. The van der Waals surface area contributed by atoms with Crippen LogP contribution in [0.3, 0.4) is 0 Å². The maximum atomic E-state index is 11.8. The molecule has 0 aliphatic carbocycles. The predicted octanol–water partition coefficient (Wildman–Crippen LogP) is 1.76. The topological polar surface area (TPSA) is 83.6 Å². The number of anilines is 1. The smallest absolute Gasteiger partial charge is 0.270 e. The van der Waals surface area contributed by atoms with E-state index in [-0.39, 0.29) is 21.6 Å². The second-order valence-corrected chi connectivity index (χ2v) is 3.60. The summed E-state index contributed by atoms with van der Waals surface area (Å²) >= 11 is 11.7. The summed E-state index contributed by atoms with van der Waals surface area (Å²) in [4.78, 5) is 11.8. The van der Waals surface area contributed by atoms with Crippen molar-refractivity contribution in [2.75, 3.05) is 5.32 Å². The highest BCUT2D eigenvalue weighted by molar-refractivity contribution is 6.40. The fourth-order valence-electron chi connectivity index (χ4n) is 1.09. The molecule has 1 aromatic carbocycles. The first-order chi connectivity index (χ1) is 7.68. The van der Waals surface area contributed by atoms with E-state index in [4.69, 9.17) is 23.2 Å². The molecule has 0 spiro atoms. The van der Waals surface area contributed by atoms with Crippen LogP contribution in [0.5, 0.6) is 0 Å². The highest BCUT2D eigenvalue weighted by atomic mass is 35.5. The fraction of sp³-hybridized carbons (Fsp3) is 0. The maximum Gasteiger partial charge on any atom is 0.270 e. The molecule has 2 N–H and O–H groups in total. The van der Waals surface area contributed by atoms with Gasteiger partial charge in [0.25, 0.3) is 11.9 Å². The molecule has 2 rings (SSSR count). The van der Waals surface area contributed by atoms with Crippen molar-refractivity contribution in [3.05, 3.63) is 33.8 Å². The Kier molecular flexibility index (Phi) is 3.02. The lowest BCUT2D eigenvalue weighted by atomic mass is 10.2. The molecule has 0 saturated heterocycles. The Balaban J connectivity index is 2.28. The zero-order valence-electron chi connectivity index (χ0n) is 7.74. The van der Waals surface area contributed by atoms with Crippen LogP contribution in [0.2, 0.25) is 10.0 Å². The molecule has 2 aromatic rings. The number of tetrazole rings is 1. The van der Waals surface area contributed by atoms with Crippen LogP contribution in [0.4, 0.5) is 5.95 Å². The molecular formula is C8H5Cl2N5O. The molecular weight excluding hydrogens is 253 g/mol. The van der Waals surface area contributed by atoms with Gasteiger partial charge in [-0.25, -0.2) is 0 Å². The third-order valence-corrected chi connectivity index (χ3v) is 2.39. The Hall–Kier alpha value is -1.66. The number of halogens is 2. The molecule has 1 aromatic heterocycles. The number of hydrogen-bond donors (Lipinski definition) is 2. The third-order valence-electron chi connectivity index (χ3n) is 1.76. The zero-order valence-corrected chi connectivity index (χ0v) is 9.25. The fourth-order valence-corrected chi connectivity index (χ4v) is 1.66. The van der Waals surface area contributed by atoms with E-state index in [9.17, 15) is 4.79 Å². The maximum absolute atomic E-state index is 11.8. The number of amides is 1. The van der Waals surface area contributed by atoms with Gasteiger partial charge in [0.2, 0.25) is 0 Å². The number of hydrogen-bond acceptors (Lipinski definition) is 4. The minimum atomic E-state index is -0.489. The predicted molar refractivity (Wildman–Crippen MR) is 58.6 cm³/mol. The quantitative estimate of drug-likeness (QED) is 0.859. The van der Waals surface area contributed by atoms with Crippen molar-refractivity contribution in [3.8, 4) is 0 Å². The van der Waals surface area contributed by atoms with Crippen LogP contribution in [-0.4, -0.2) is 26.5 Å². The van der Waals surface area contributed by atoms with Crippen LogP contribution in [0.1, 0.15) is 10.4 Å². The van der Waals surface area contributed by atoms with Crippen LogP contribution in [-0.2, 0) is 0 Å². The molecule has 0 unspecified atom stereocenters. The van der Waals surface area contributed by atoms with Gasteiger partial charge in [-0.15, -0.1) is 5.10 Å². The van der Waals surface area contributed by atoms with Crippen LogP contribution < -0.4 is 5.32 Å². The van der Waals surface area contributed by atoms with Gasteiger partial charge in [0.15, 0.2) is 0 Å². The van der Waals surface area contributed by atoms with E-state index >= 15 is 0 Å². The van der Waals surface area contributed by atoms with Crippen molar-refractivity contribution >= 4 is 35.1 Å². The molecule has 16 heavy (non-hydrogen) atoms. The molecule has 0 radical (unpaired) electrons. The second-order valence-electron chi connectivity index (χ2n) is 2.79. The number of aromatic amines is 1. The van der Waals surface area contributed by atoms with Gasteiger partial charge in [0, 0.05) is 0 Å². The first kappa shape index (κ1) is 10.8. The van der Waals surface area contributed by atoms with Crippen molar-refractivity contribution in [1.82, 2.24) is 20.6 Å². The van der Waals surface area contributed by atoms with Gasteiger partial charge in [-0.3, -0.25) is 10.1 Å². The average molecular weight is 258 g/mol. The number of H-pyrrole nitrogens is 1. The number of carbonyl (C=O) groups excluding carboxylic acids is 1. The van der Waals surface area contributed by atoms with Gasteiger partial charge in [-0.1, -0.05) is 34.4 Å². The Bertz CT molecular complexity index is 493. The van der Waals surface area contributed by atoms with E-state index in [2.05, 4.69) is 25.9 Å². The lowest BCUT2D eigenvalue weighted by Crippen LogP contribution is -2.14. The number of rotatable bonds is 2. The number of benzene rings is 1. The lowest BCUT2D eigenvalue weighted by molar-refractivity contribution is 0.102. The monoisotopic (exact) mass is 257 g/mol. The van der Waals surface area contributed by atoms with Crippen LogP contribution in [0.15, 0.2) is 18.2 Å². The molecule has 8 heteroatoms. The Morgan fingerprint density at radius 3 is 2.56 bits per heavy atom. The lowest BCUT2D eigenvalue weighted by Gasteiger charge is -2.04. The van der Waals surface area contributed by atoms with Crippen molar-refractivity contribution < 1.29 is 4.79 Å². The van der Waals surface area contributed by atoms with Gasteiger partial charge in [0.05, 0.1) is 15.6 Å². The van der Waals surface area contributed by atoms with Crippen LogP contribution in [0.25, 0.3) is 0 Å². The molecule has 0 aliphatic rings. The summed E-state index contributed by atoms with van der Waals surface area (Å²) in [5.41, 5.74) is 0.177. The number of aromatic nitrogens is 4. The van der Waals surface area contributed by atoms with Crippen molar-refractivity contribution in [1.29, 1.82) is 0 Å². The van der Waals surface area contributed by atoms with Gasteiger partial charge in [-0.05, 0) is 17.3 Å². The highest BCUT2D eigenvalue weighted by Crippen LogP contribution is 2.24. The summed E-state index contributed by atoms with van der Waals surface area (Å²) in [6.45, 7) is 0. The number of carbonyl (C=O) groups is 1. The van der Waals surface area contributed by atoms with Crippen molar-refractivity contribution in [2.24, 2.45) is 0 Å².